The van der Waals surface area contributed by atoms with Crippen LogP contribution in [-0.2, 0) is 17.4 Å². The van der Waals surface area contributed by atoms with Crippen LogP contribution in [0.3, 0.4) is 0 Å². The normalized spacial score (nSPS) is 22.4. The molecule has 3 saturated carbocycles. The number of aromatic amines is 1. The van der Waals surface area contributed by atoms with Crippen molar-refractivity contribution in [1.82, 2.24) is 4.98 Å². The van der Waals surface area contributed by atoms with Gasteiger partial charge < -0.3 is 15.0 Å². The van der Waals surface area contributed by atoms with E-state index in [9.17, 15) is 18.0 Å². The Kier molecular flexibility index (Phi) is 5.35. The highest BCUT2D eigenvalue weighted by Crippen LogP contribution is 2.49. The second-order valence-electron chi connectivity index (χ2n) is 8.97. The highest BCUT2D eigenvalue weighted by atomic mass is 19.4. The van der Waals surface area contributed by atoms with Crippen molar-refractivity contribution in [2.75, 3.05) is 11.9 Å². The van der Waals surface area contributed by atoms with Crippen molar-refractivity contribution in [3.05, 3.63) is 59.8 Å². The number of benzene rings is 2. The number of nitrogens with one attached hydrogen (secondary N) is 2. The molecule has 32 heavy (non-hydrogen) atoms. The van der Waals surface area contributed by atoms with Crippen molar-refractivity contribution in [3.8, 4) is 5.75 Å². The number of rotatable bonds is 6. The third-order valence-electron chi connectivity index (χ3n) is 6.92. The van der Waals surface area contributed by atoms with Gasteiger partial charge in [-0.3, -0.25) is 4.79 Å². The zero-order valence-electron chi connectivity index (χ0n) is 17.5. The van der Waals surface area contributed by atoms with Gasteiger partial charge in [0.15, 0.2) is 0 Å². The molecule has 2 N–H and O–H groups in total. The minimum Gasteiger partial charge on any atom is -0.493 e. The summed E-state index contributed by atoms with van der Waals surface area (Å²) in [7, 11) is 0. The van der Waals surface area contributed by atoms with Crippen molar-refractivity contribution in [2.24, 2.45) is 17.8 Å². The molecule has 3 aliphatic rings. The second-order valence-corrected chi connectivity index (χ2v) is 8.97. The molecule has 4 nitrogen and oxygen atoms in total. The number of carbonyl (C=O) groups excluding carboxylic acids is 1. The van der Waals surface area contributed by atoms with Gasteiger partial charge in [0.25, 0.3) is 0 Å². The molecule has 3 fully saturated rings. The third kappa shape index (κ3) is 4.20. The van der Waals surface area contributed by atoms with Gasteiger partial charge in [-0.05, 0) is 73.4 Å². The quantitative estimate of drug-likeness (QED) is 0.479. The predicted molar refractivity (Wildman–Crippen MR) is 117 cm³/mol. The zero-order chi connectivity index (χ0) is 22.3. The zero-order valence-corrected chi connectivity index (χ0v) is 17.5. The largest absolute Gasteiger partial charge is 0.493 e. The molecule has 2 aromatic carbocycles. The van der Waals surface area contributed by atoms with E-state index in [-0.39, 0.29) is 11.8 Å². The van der Waals surface area contributed by atoms with Gasteiger partial charge in [0, 0.05) is 29.4 Å². The second kappa shape index (κ2) is 8.19. The molecule has 0 aliphatic heterocycles. The molecule has 1 aromatic heterocycles. The first-order valence-corrected chi connectivity index (χ1v) is 11.1. The summed E-state index contributed by atoms with van der Waals surface area (Å²) >= 11 is 0. The first-order valence-electron chi connectivity index (χ1n) is 11.1. The molecule has 6 rings (SSSR count). The number of anilines is 1. The molecule has 1 atom stereocenters. The fourth-order valence-corrected chi connectivity index (χ4v) is 5.01. The van der Waals surface area contributed by atoms with Crippen LogP contribution in [0.2, 0.25) is 0 Å². The van der Waals surface area contributed by atoms with Gasteiger partial charge in [0.2, 0.25) is 5.91 Å². The molecular weight excluding hydrogens is 417 g/mol. The number of alkyl halides is 3. The predicted octanol–water partition coefficient (Wildman–Crippen LogP) is 6.18. The van der Waals surface area contributed by atoms with E-state index in [1.54, 1.807) is 6.20 Å². The fraction of sp³-hybridized carbons (Fsp3) is 0.400. The Morgan fingerprint density at radius 2 is 1.88 bits per heavy atom. The number of H-pyrrole nitrogens is 1. The van der Waals surface area contributed by atoms with Crippen LogP contribution in [0.25, 0.3) is 10.9 Å². The van der Waals surface area contributed by atoms with Gasteiger partial charge in [0.1, 0.15) is 5.75 Å². The first kappa shape index (κ1) is 20.9. The summed E-state index contributed by atoms with van der Waals surface area (Å²) in [4.78, 5) is 16.0. The van der Waals surface area contributed by atoms with Crippen LogP contribution in [0.15, 0.2) is 48.7 Å². The number of fused-ring (bicyclic) bond motifs is 3. The van der Waals surface area contributed by atoms with Crippen molar-refractivity contribution in [2.45, 2.75) is 38.3 Å². The minimum absolute atomic E-state index is 0.0997. The van der Waals surface area contributed by atoms with Gasteiger partial charge in [-0.1, -0.05) is 12.1 Å². The third-order valence-corrected chi connectivity index (χ3v) is 6.92. The number of halogens is 3. The standard InChI is InChI=1S/C25H25F3N2O2/c26-25(27,28)18-4-1-15(2-5-18)9-10-32-19-6-8-22-21(13-19)23(14-29-22)30-24(31)20-7-3-16-11-17(20)12-16/h1-2,4-6,8,13-14,16-17,20,29H,3,7,9-12H2,(H,30,31)/t16?,17?,20-/m1/s1. The lowest BCUT2D eigenvalue weighted by molar-refractivity contribution is -0.137. The number of amides is 1. The van der Waals surface area contributed by atoms with E-state index in [0.29, 0.717) is 24.7 Å². The summed E-state index contributed by atoms with van der Waals surface area (Å²) in [6, 6.07) is 10.8. The topological polar surface area (TPSA) is 54.1 Å². The monoisotopic (exact) mass is 442 g/mol. The van der Waals surface area contributed by atoms with Gasteiger partial charge in [0.05, 0.1) is 17.9 Å². The van der Waals surface area contributed by atoms with Crippen LogP contribution >= 0.6 is 0 Å². The summed E-state index contributed by atoms with van der Waals surface area (Å²) in [5, 5.41) is 3.98. The Morgan fingerprint density at radius 1 is 1.09 bits per heavy atom. The molecule has 0 spiro atoms. The van der Waals surface area contributed by atoms with Crippen molar-refractivity contribution >= 4 is 22.5 Å². The molecule has 0 radical (unpaired) electrons. The Hall–Kier alpha value is -2.96. The van der Waals surface area contributed by atoms with Crippen LogP contribution in [0.4, 0.5) is 18.9 Å². The molecule has 3 aliphatic carbocycles. The smallest absolute Gasteiger partial charge is 0.416 e. The molecule has 1 heterocycles. The molecule has 1 amide bonds. The Labute approximate surface area is 184 Å². The summed E-state index contributed by atoms with van der Waals surface area (Å²) in [6.45, 7) is 0.341. The van der Waals surface area contributed by atoms with Crippen LogP contribution in [-0.4, -0.2) is 17.5 Å². The minimum atomic E-state index is -4.33. The summed E-state index contributed by atoms with van der Waals surface area (Å²) < 4.78 is 43.9. The average molecular weight is 442 g/mol. The van der Waals surface area contributed by atoms with E-state index in [1.807, 2.05) is 18.2 Å². The van der Waals surface area contributed by atoms with Gasteiger partial charge >= 0.3 is 6.18 Å². The SMILES string of the molecule is O=C(Nc1c[nH]c2ccc(OCCc3ccc(C(F)(F)F)cc3)cc12)[C@@H]1CCC2CC1C2. The number of ether oxygens (including phenoxy) is 1. The maximum atomic E-state index is 12.8. The van der Waals surface area contributed by atoms with E-state index < -0.39 is 11.7 Å². The maximum Gasteiger partial charge on any atom is 0.416 e. The van der Waals surface area contributed by atoms with Crippen molar-refractivity contribution in [3.63, 3.8) is 0 Å². The van der Waals surface area contributed by atoms with Crippen LogP contribution < -0.4 is 10.1 Å². The van der Waals surface area contributed by atoms with E-state index in [2.05, 4.69) is 10.3 Å². The number of carbonyl (C=O) groups is 1. The van der Waals surface area contributed by atoms with Gasteiger partial charge in [-0.25, -0.2) is 0 Å². The lowest BCUT2D eigenvalue weighted by Gasteiger charge is -2.45. The highest BCUT2D eigenvalue weighted by Gasteiger charge is 2.43. The molecule has 7 heteroatoms. The fourth-order valence-electron chi connectivity index (χ4n) is 5.01. The average Bonchev–Trinajstić information content (AvgIpc) is 3.15. The van der Waals surface area contributed by atoms with E-state index in [1.165, 1.54) is 25.0 Å². The van der Waals surface area contributed by atoms with E-state index >= 15 is 0 Å². The molecular formula is C25H25F3N2O2. The van der Waals surface area contributed by atoms with E-state index in [0.717, 1.165) is 53.0 Å². The van der Waals surface area contributed by atoms with Crippen molar-refractivity contribution < 1.29 is 22.7 Å². The molecule has 168 valence electrons. The Bertz CT molecular complexity index is 1110. The Morgan fingerprint density at radius 3 is 2.56 bits per heavy atom. The van der Waals surface area contributed by atoms with Crippen LogP contribution in [0.5, 0.6) is 5.75 Å². The van der Waals surface area contributed by atoms with Crippen LogP contribution in [0.1, 0.15) is 36.8 Å². The summed E-state index contributed by atoms with van der Waals surface area (Å²) in [5.74, 6) is 2.22. The first-order chi connectivity index (χ1) is 15.4. The Balaban J connectivity index is 1.21. The van der Waals surface area contributed by atoms with Gasteiger partial charge in [-0.2, -0.15) is 13.2 Å². The number of aromatic nitrogens is 1. The lowest BCUT2D eigenvalue weighted by Crippen LogP contribution is -2.42. The molecule has 2 bridgehead atoms. The number of hydrogen-bond acceptors (Lipinski definition) is 2. The highest BCUT2D eigenvalue weighted by molar-refractivity contribution is 6.02. The van der Waals surface area contributed by atoms with E-state index in [4.69, 9.17) is 4.74 Å². The van der Waals surface area contributed by atoms with Crippen molar-refractivity contribution in [1.29, 1.82) is 0 Å². The molecule has 0 unspecified atom stereocenters. The molecule has 3 aromatic rings. The number of hydrogen-bond donors (Lipinski definition) is 2. The maximum absolute atomic E-state index is 12.8. The summed E-state index contributed by atoms with van der Waals surface area (Å²) in [6.07, 6.45) is 2.47. The van der Waals surface area contributed by atoms with Gasteiger partial charge in [-0.15, -0.1) is 0 Å². The molecule has 0 saturated heterocycles. The lowest BCUT2D eigenvalue weighted by atomic mass is 9.60. The summed E-state index contributed by atoms with van der Waals surface area (Å²) in [5.41, 5.74) is 1.78. The van der Waals surface area contributed by atoms with Crippen LogP contribution in [0, 0.1) is 17.8 Å².